The molecular weight excluding hydrogens is 299 g/mol. The highest BCUT2D eigenvalue weighted by Gasteiger charge is 2.01. The molecule has 0 radical (unpaired) electrons. The van der Waals surface area contributed by atoms with E-state index in [0.717, 1.165) is 10.2 Å². The number of rotatable bonds is 5. The molecule has 0 aliphatic rings. The number of hydrogen-bond donors (Lipinski definition) is 0. The molecule has 0 spiro atoms. The van der Waals surface area contributed by atoms with Gasteiger partial charge < -0.3 is 9.47 Å². The Hall–Kier alpha value is -1.55. The normalized spacial score (nSPS) is 10.1. The summed E-state index contributed by atoms with van der Waals surface area (Å²) in [5.41, 5.74) is 0. The van der Waals surface area contributed by atoms with E-state index in [1.807, 2.05) is 24.3 Å². The molecule has 0 amide bonds. The molecule has 18 heavy (non-hydrogen) atoms. The maximum absolute atomic E-state index is 13.2. The van der Waals surface area contributed by atoms with Crippen LogP contribution in [0.1, 0.15) is 0 Å². The molecule has 2 aromatic rings. The van der Waals surface area contributed by atoms with Crippen LogP contribution < -0.4 is 9.47 Å². The quantitative estimate of drug-likeness (QED) is 0.776. The third-order valence-electron chi connectivity index (χ3n) is 2.24. The number of halogens is 2. The smallest absolute Gasteiger partial charge is 0.165 e. The van der Waals surface area contributed by atoms with Crippen molar-refractivity contribution in [3.05, 3.63) is 58.8 Å². The minimum Gasteiger partial charge on any atom is -0.490 e. The van der Waals surface area contributed by atoms with Crippen LogP contribution in [0.5, 0.6) is 11.5 Å². The van der Waals surface area contributed by atoms with Crippen molar-refractivity contribution in [2.45, 2.75) is 0 Å². The van der Waals surface area contributed by atoms with E-state index in [4.69, 9.17) is 9.47 Å². The van der Waals surface area contributed by atoms with Crippen LogP contribution in [-0.2, 0) is 0 Å². The average Bonchev–Trinajstić information content (AvgIpc) is 2.37. The Kier molecular flexibility index (Phi) is 4.59. The second-order valence-electron chi connectivity index (χ2n) is 3.58. The van der Waals surface area contributed by atoms with Crippen molar-refractivity contribution in [2.75, 3.05) is 13.2 Å². The van der Waals surface area contributed by atoms with E-state index in [1.54, 1.807) is 18.2 Å². The van der Waals surface area contributed by atoms with E-state index in [1.165, 1.54) is 6.07 Å². The first-order valence-electron chi connectivity index (χ1n) is 5.51. The van der Waals surface area contributed by atoms with Crippen molar-refractivity contribution in [2.24, 2.45) is 0 Å². The van der Waals surface area contributed by atoms with Gasteiger partial charge in [0.25, 0.3) is 0 Å². The summed E-state index contributed by atoms with van der Waals surface area (Å²) in [4.78, 5) is 0. The van der Waals surface area contributed by atoms with Crippen molar-refractivity contribution in [1.82, 2.24) is 0 Å². The lowest BCUT2D eigenvalue weighted by Crippen LogP contribution is -2.09. The Balaban J connectivity index is 1.78. The highest BCUT2D eigenvalue weighted by molar-refractivity contribution is 9.10. The molecule has 0 saturated heterocycles. The molecule has 0 fully saturated rings. The molecule has 2 aromatic carbocycles. The van der Waals surface area contributed by atoms with Gasteiger partial charge in [0, 0.05) is 4.47 Å². The zero-order chi connectivity index (χ0) is 12.8. The van der Waals surface area contributed by atoms with Gasteiger partial charge in [-0.1, -0.05) is 34.1 Å². The number of para-hydroxylation sites is 1. The maximum Gasteiger partial charge on any atom is 0.165 e. The lowest BCUT2D eigenvalue weighted by atomic mass is 10.3. The first kappa shape index (κ1) is 12.9. The third kappa shape index (κ3) is 3.74. The third-order valence-corrected chi connectivity index (χ3v) is 2.74. The monoisotopic (exact) mass is 310 g/mol. The molecule has 0 bridgehead atoms. The summed E-state index contributed by atoms with van der Waals surface area (Å²) >= 11 is 3.36. The molecule has 0 atom stereocenters. The van der Waals surface area contributed by atoms with E-state index >= 15 is 0 Å². The van der Waals surface area contributed by atoms with Gasteiger partial charge in [-0.25, -0.2) is 4.39 Å². The number of ether oxygens (including phenoxy) is 2. The van der Waals surface area contributed by atoms with E-state index in [-0.39, 0.29) is 11.6 Å². The van der Waals surface area contributed by atoms with E-state index in [9.17, 15) is 4.39 Å². The molecule has 4 heteroatoms. The highest BCUT2D eigenvalue weighted by atomic mass is 79.9. The van der Waals surface area contributed by atoms with Crippen LogP contribution in [0.3, 0.4) is 0 Å². The summed E-state index contributed by atoms with van der Waals surface area (Å²) in [6.45, 7) is 0.665. The van der Waals surface area contributed by atoms with Gasteiger partial charge in [-0.2, -0.15) is 0 Å². The second-order valence-corrected chi connectivity index (χ2v) is 4.50. The van der Waals surface area contributed by atoms with Gasteiger partial charge in [0.15, 0.2) is 11.6 Å². The van der Waals surface area contributed by atoms with Crippen molar-refractivity contribution >= 4 is 15.9 Å². The van der Waals surface area contributed by atoms with Crippen LogP contribution in [0.4, 0.5) is 4.39 Å². The lowest BCUT2D eigenvalue weighted by molar-refractivity contribution is 0.211. The topological polar surface area (TPSA) is 18.5 Å². The van der Waals surface area contributed by atoms with Crippen LogP contribution in [0.25, 0.3) is 0 Å². The van der Waals surface area contributed by atoms with Crippen LogP contribution in [0.15, 0.2) is 53.0 Å². The summed E-state index contributed by atoms with van der Waals surface area (Å²) in [5, 5.41) is 0. The second kappa shape index (κ2) is 6.40. The van der Waals surface area contributed by atoms with Crippen molar-refractivity contribution in [3.63, 3.8) is 0 Å². The number of benzene rings is 2. The fourth-order valence-corrected chi connectivity index (χ4v) is 1.81. The average molecular weight is 311 g/mol. The molecule has 0 aromatic heterocycles. The molecule has 2 rings (SSSR count). The zero-order valence-electron chi connectivity index (χ0n) is 9.61. The largest absolute Gasteiger partial charge is 0.490 e. The molecular formula is C14H12BrFO2. The minimum atomic E-state index is -0.361. The lowest BCUT2D eigenvalue weighted by Gasteiger charge is -2.09. The van der Waals surface area contributed by atoms with Gasteiger partial charge in [0.05, 0.1) is 0 Å². The standard InChI is InChI=1S/C14H12BrFO2/c15-11-4-3-5-12(10-11)17-8-9-18-14-7-2-1-6-13(14)16/h1-7,10H,8-9H2. The van der Waals surface area contributed by atoms with Gasteiger partial charge in [-0.3, -0.25) is 0 Å². The predicted octanol–water partition coefficient (Wildman–Crippen LogP) is 4.05. The summed E-state index contributed by atoms with van der Waals surface area (Å²) in [6, 6.07) is 13.8. The Morgan fingerprint density at radius 3 is 2.50 bits per heavy atom. The maximum atomic E-state index is 13.2. The molecule has 0 saturated carbocycles. The Morgan fingerprint density at radius 2 is 1.72 bits per heavy atom. The highest BCUT2D eigenvalue weighted by Crippen LogP contribution is 2.18. The van der Waals surface area contributed by atoms with Crippen LogP contribution in [0.2, 0.25) is 0 Å². The van der Waals surface area contributed by atoms with E-state index in [0.29, 0.717) is 13.2 Å². The molecule has 0 N–H and O–H groups in total. The Bertz CT molecular complexity index is 517. The SMILES string of the molecule is Fc1ccccc1OCCOc1cccc(Br)c1. The van der Waals surface area contributed by atoms with Crippen LogP contribution in [0, 0.1) is 5.82 Å². The van der Waals surface area contributed by atoms with Gasteiger partial charge >= 0.3 is 0 Å². The fourth-order valence-electron chi connectivity index (χ4n) is 1.43. The fraction of sp³-hybridized carbons (Fsp3) is 0.143. The van der Waals surface area contributed by atoms with Crippen molar-refractivity contribution < 1.29 is 13.9 Å². The van der Waals surface area contributed by atoms with Gasteiger partial charge in [-0.15, -0.1) is 0 Å². The van der Waals surface area contributed by atoms with Crippen molar-refractivity contribution in [1.29, 1.82) is 0 Å². The molecule has 0 aliphatic carbocycles. The molecule has 0 aliphatic heterocycles. The van der Waals surface area contributed by atoms with Gasteiger partial charge in [0.2, 0.25) is 0 Å². The molecule has 0 unspecified atom stereocenters. The van der Waals surface area contributed by atoms with E-state index in [2.05, 4.69) is 15.9 Å². The first-order chi connectivity index (χ1) is 8.75. The van der Waals surface area contributed by atoms with Crippen LogP contribution in [-0.4, -0.2) is 13.2 Å². The van der Waals surface area contributed by atoms with Crippen LogP contribution >= 0.6 is 15.9 Å². The van der Waals surface area contributed by atoms with Gasteiger partial charge in [0.1, 0.15) is 19.0 Å². The molecule has 0 heterocycles. The van der Waals surface area contributed by atoms with E-state index < -0.39 is 0 Å². The minimum absolute atomic E-state index is 0.246. The predicted molar refractivity (Wildman–Crippen MR) is 71.5 cm³/mol. The molecule has 2 nitrogen and oxygen atoms in total. The first-order valence-corrected chi connectivity index (χ1v) is 6.31. The number of hydrogen-bond acceptors (Lipinski definition) is 2. The summed E-state index contributed by atoms with van der Waals surface area (Å²) in [6.07, 6.45) is 0. The Morgan fingerprint density at radius 1 is 0.944 bits per heavy atom. The van der Waals surface area contributed by atoms with Crippen molar-refractivity contribution in [3.8, 4) is 11.5 Å². The Labute approximate surface area is 113 Å². The summed E-state index contributed by atoms with van der Waals surface area (Å²) in [5.74, 6) is 0.636. The molecule has 94 valence electrons. The summed E-state index contributed by atoms with van der Waals surface area (Å²) < 4.78 is 24.9. The zero-order valence-corrected chi connectivity index (χ0v) is 11.2. The van der Waals surface area contributed by atoms with Gasteiger partial charge in [-0.05, 0) is 30.3 Å². The summed E-state index contributed by atoms with van der Waals surface area (Å²) in [7, 11) is 0.